The number of nitrogens with two attached hydrogens (primary N) is 1. The summed E-state index contributed by atoms with van der Waals surface area (Å²) in [5.74, 6) is -0.0110. The monoisotopic (exact) mass is 226 g/mol. The minimum Gasteiger partial charge on any atom is -0.369 e. The number of ether oxygens (including phenoxy) is 1. The molecule has 1 heterocycles. The van der Waals surface area contributed by atoms with Gasteiger partial charge < -0.3 is 15.4 Å². The number of carbonyl (C=O) groups is 1. The van der Waals surface area contributed by atoms with E-state index >= 15 is 0 Å². The molecular formula is C12H22N2O2. The van der Waals surface area contributed by atoms with Crippen LogP contribution in [0, 0.1) is 0 Å². The first-order valence-corrected chi connectivity index (χ1v) is 5.69. The van der Waals surface area contributed by atoms with Gasteiger partial charge in [0.05, 0.1) is 17.7 Å². The van der Waals surface area contributed by atoms with Gasteiger partial charge in [-0.3, -0.25) is 4.79 Å². The van der Waals surface area contributed by atoms with Crippen molar-refractivity contribution < 1.29 is 9.53 Å². The summed E-state index contributed by atoms with van der Waals surface area (Å²) in [6.07, 6.45) is 2.26. The maximum Gasteiger partial charge on any atom is 0.239 e. The molecule has 0 radical (unpaired) electrons. The summed E-state index contributed by atoms with van der Waals surface area (Å²) < 4.78 is 5.74. The molecule has 0 aromatic carbocycles. The Balaban J connectivity index is 2.65. The van der Waals surface area contributed by atoms with Crippen LogP contribution in [0.1, 0.15) is 27.2 Å². The van der Waals surface area contributed by atoms with E-state index in [0.717, 1.165) is 0 Å². The normalized spacial score (nSPS) is 26.2. The van der Waals surface area contributed by atoms with Gasteiger partial charge >= 0.3 is 0 Å². The Labute approximate surface area is 97.4 Å². The Morgan fingerprint density at radius 3 is 2.88 bits per heavy atom. The topological polar surface area (TPSA) is 55.6 Å². The Morgan fingerprint density at radius 2 is 2.38 bits per heavy atom. The zero-order valence-electron chi connectivity index (χ0n) is 10.4. The molecule has 0 aromatic heterocycles. The summed E-state index contributed by atoms with van der Waals surface area (Å²) in [6.45, 7) is 10.8. The lowest BCUT2D eigenvalue weighted by molar-refractivity contribution is -0.159. The molecule has 1 amide bonds. The van der Waals surface area contributed by atoms with Crippen LogP contribution in [-0.2, 0) is 9.53 Å². The van der Waals surface area contributed by atoms with Crippen molar-refractivity contribution >= 4 is 5.91 Å². The molecule has 92 valence electrons. The van der Waals surface area contributed by atoms with Crippen molar-refractivity contribution in [3.8, 4) is 0 Å². The molecule has 1 rings (SSSR count). The van der Waals surface area contributed by atoms with Crippen LogP contribution in [0.3, 0.4) is 0 Å². The Bertz CT molecular complexity index is 276. The lowest BCUT2D eigenvalue weighted by atomic mass is 10.0. The van der Waals surface area contributed by atoms with E-state index in [4.69, 9.17) is 10.5 Å². The van der Waals surface area contributed by atoms with Crippen molar-refractivity contribution in [1.29, 1.82) is 0 Å². The number of rotatable bonds is 3. The minimum atomic E-state index is -0.474. The van der Waals surface area contributed by atoms with Crippen LogP contribution in [0.15, 0.2) is 12.7 Å². The van der Waals surface area contributed by atoms with Crippen LogP contribution in [0.2, 0.25) is 0 Å². The number of carbonyl (C=O) groups excluding carboxylic acids is 1. The summed E-state index contributed by atoms with van der Waals surface area (Å²) in [6, 6.07) is -0.474. The molecule has 0 spiro atoms. The molecule has 0 saturated carbocycles. The molecule has 0 aromatic rings. The van der Waals surface area contributed by atoms with Crippen molar-refractivity contribution in [3.63, 3.8) is 0 Å². The second-order valence-corrected chi connectivity index (χ2v) is 5.04. The number of hydrogen-bond acceptors (Lipinski definition) is 3. The lowest BCUT2D eigenvalue weighted by Crippen LogP contribution is -2.57. The average molecular weight is 226 g/mol. The molecule has 16 heavy (non-hydrogen) atoms. The summed E-state index contributed by atoms with van der Waals surface area (Å²) >= 11 is 0. The second kappa shape index (κ2) is 4.97. The lowest BCUT2D eigenvalue weighted by Gasteiger charge is -2.42. The van der Waals surface area contributed by atoms with Crippen LogP contribution in [0.4, 0.5) is 0 Å². The van der Waals surface area contributed by atoms with Gasteiger partial charge in [0, 0.05) is 13.1 Å². The molecule has 1 saturated heterocycles. The van der Waals surface area contributed by atoms with Gasteiger partial charge in [0.1, 0.15) is 0 Å². The molecule has 2 unspecified atom stereocenters. The summed E-state index contributed by atoms with van der Waals surface area (Å²) in [7, 11) is 0. The Hall–Kier alpha value is -0.870. The van der Waals surface area contributed by atoms with E-state index in [9.17, 15) is 4.79 Å². The highest BCUT2D eigenvalue weighted by Crippen LogP contribution is 2.21. The van der Waals surface area contributed by atoms with E-state index in [1.807, 2.05) is 20.8 Å². The number of amides is 1. The van der Waals surface area contributed by atoms with E-state index < -0.39 is 6.04 Å². The first-order chi connectivity index (χ1) is 7.35. The molecule has 1 aliphatic rings. The highest BCUT2D eigenvalue weighted by molar-refractivity contribution is 5.82. The van der Waals surface area contributed by atoms with E-state index in [1.54, 1.807) is 11.0 Å². The third kappa shape index (κ3) is 3.32. The minimum absolute atomic E-state index is 0.0110. The Kier molecular flexibility index (Phi) is 4.10. The molecule has 1 aliphatic heterocycles. The average Bonchev–Trinajstić information content (AvgIpc) is 2.13. The van der Waals surface area contributed by atoms with E-state index in [2.05, 4.69) is 6.58 Å². The van der Waals surface area contributed by atoms with E-state index in [1.165, 1.54) is 0 Å². The van der Waals surface area contributed by atoms with Crippen LogP contribution >= 0.6 is 0 Å². The molecule has 2 N–H and O–H groups in total. The van der Waals surface area contributed by atoms with Crippen molar-refractivity contribution in [2.45, 2.75) is 44.9 Å². The van der Waals surface area contributed by atoms with Gasteiger partial charge in [0.2, 0.25) is 5.91 Å². The first kappa shape index (κ1) is 13.2. The van der Waals surface area contributed by atoms with Crippen molar-refractivity contribution in [2.75, 3.05) is 13.1 Å². The van der Waals surface area contributed by atoms with E-state index in [0.29, 0.717) is 19.5 Å². The molecule has 1 fully saturated rings. The second-order valence-electron chi connectivity index (χ2n) is 5.04. The zero-order chi connectivity index (χ0) is 12.3. The SMILES string of the molecule is C=CCC(N)C(=O)N1CC(C)OC(C)(C)C1. The van der Waals surface area contributed by atoms with Crippen LogP contribution in [0.25, 0.3) is 0 Å². The van der Waals surface area contributed by atoms with Gasteiger partial charge in [-0.2, -0.15) is 0 Å². The fourth-order valence-electron chi connectivity index (χ4n) is 2.14. The molecule has 4 heteroatoms. The van der Waals surface area contributed by atoms with Gasteiger partial charge in [-0.05, 0) is 27.2 Å². The van der Waals surface area contributed by atoms with Gasteiger partial charge in [-0.15, -0.1) is 6.58 Å². The molecule has 4 nitrogen and oxygen atoms in total. The third-order valence-corrected chi connectivity index (χ3v) is 2.62. The van der Waals surface area contributed by atoms with Gasteiger partial charge in [0.25, 0.3) is 0 Å². The fourth-order valence-corrected chi connectivity index (χ4v) is 2.14. The van der Waals surface area contributed by atoms with Crippen LogP contribution in [0.5, 0.6) is 0 Å². The smallest absolute Gasteiger partial charge is 0.239 e. The van der Waals surface area contributed by atoms with Gasteiger partial charge in [0.15, 0.2) is 0 Å². The standard InChI is InChI=1S/C12H22N2O2/c1-5-6-10(13)11(15)14-7-9(2)16-12(3,4)8-14/h5,9-10H,1,6-8,13H2,2-4H3. The van der Waals surface area contributed by atoms with Crippen molar-refractivity contribution in [1.82, 2.24) is 4.90 Å². The Morgan fingerprint density at radius 1 is 1.75 bits per heavy atom. The zero-order valence-corrected chi connectivity index (χ0v) is 10.4. The van der Waals surface area contributed by atoms with Crippen LogP contribution in [-0.4, -0.2) is 41.6 Å². The van der Waals surface area contributed by atoms with Crippen molar-refractivity contribution in [2.24, 2.45) is 5.73 Å². The van der Waals surface area contributed by atoms with E-state index in [-0.39, 0.29) is 17.6 Å². The molecule has 2 atom stereocenters. The van der Waals surface area contributed by atoms with Crippen molar-refractivity contribution in [3.05, 3.63) is 12.7 Å². The van der Waals surface area contributed by atoms with Gasteiger partial charge in [-0.1, -0.05) is 6.08 Å². The predicted molar refractivity (Wildman–Crippen MR) is 64.0 cm³/mol. The largest absolute Gasteiger partial charge is 0.369 e. The number of morpholine rings is 1. The number of nitrogens with zero attached hydrogens (tertiary/aromatic N) is 1. The maximum absolute atomic E-state index is 12.0. The van der Waals surface area contributed by atoms with Gasteiger partial charge in [-0.25, -0.2) is 0 Å². The highest BCUT2D eigenvalue weighted by Gasteiger charge is 2.34. The van der Waals surface area contributed by atoms with Crippen LogP contribution < -0.4 is 5.73 Å². The third-order valence-electron chi connectivity index (χ3n) is 2.62. The summed E-state index contributed by atoms with van der Waals surface area (Å²) in [5.41, 5.74) is 5.50. The predicted octanol–water partition coefficient (Wildman–Crippen LogP) is 0.916. The quantitative estimate of drug-likeness (QED) is 0.728. The fraction of sp³-hybridized carbons (Fsp3) is 0.750. The molecule has 0 bridgehead atoms. The maximum atomic E-state index is 12.0. The first-order valence-electron chi connectivity index (χ1n) is 5.69. The molecule has 0 aliphatic carbocycles. The summed E-state index contributed by atoms with van der Waals surface area (Å²) in [4.78, 5) is 13.8. The number of hydrogen-bond donors (Lipinski definition) is 1. The molecular weight excluding hydrogens is 204 g/mol. The highest BCUT2D eigenvalue weighted by atomic mass is 16.5. The summed E-state index contributed by atoms with van der Waals surface area (Å²) in [5, 5.41) is 0.